The zero-order chi connectivity index (χ0) is 18.4. The van der Waals surface area contributed by atoms with Crippen LogP contribution in [-0.4, -0.2) is 23.9 Å². The van der Waals surface area contributed by atoms with Crippen molar-refractivity contribution in [3.05, 3.63) is 59.7 Å². The van der Waals surface area contributed by atoms with Crippen LogP contribution in [0.2, 0.25) is 0 Å². The second-order valence-corrected chi connectivity index (χ2v) is 6.41. The topological polar surface area (TPSA) is 67.4 Å². The Morgan fingerprint density at radius 2 is 1.00 bits per heavy atom. The van der Waals surface area contributed by atoms with Crippen LogP contribution < -0.4 is 15.4 Å². The maximum Gasteiger partial charge on any atom is 0.251 e. The van der Waals surface area contributed by atoms with Crippen LogP contribution >= 0.6 is 0 Å². The Balaban J connectivity index is 2.00. The molecule has 0 bridgehead atoms. The molecule has 25 heavy (non-hydrogen) atoms. The predicted octanol–water partition coefficient (Wildman–Crippen LogP) is 3.76. The van der Waals surface area contributed by atoms with Gasteiger partial charge in [-0.2, -0.15) is 0 Å². The molecule has 0 heterocycles. The summed E-state index contributed by atoms with van der Waals surface area (Å²) in [5, 5.41) is 5.68. The Kier molecular flexibility index (Phi) is 6.17. The number of benzene rings is 2. The Hall–Kier alpha value is -2.82. The molecule has 0 atom stereocenters. The molecule has 2 amide bonds. The highest BCUT2D eigenvalue weighted by Crippen LogP contribution is 2.22. The van der Waals surface area contributed by atoms with Gasteiger partial charge in [0.1, 0.15) is 11.5 Å². The normalized spacial score (nSPS) is 10.6. The average molecular weight is 340 g/mol. The summed E-state index contributed by atoms with van der Waals surface area (Å²) in [6.07, 6.45) is 0. The Bertz CT molecular complexity index is 656. The summed E-state index contributed by atoms with van der Waals surface area (Å²) in [6.45, 7) is 7.67. The van der Waals surface area contributed by atoms with Gasteiger partial charge in [-0.1, -0.05) is 0 Å². The van der Waals surface area contributed by atoms with E-state index in [4.69, 9.17) is 4.74 Å². The van der Waals surface area contributed by atoms with Gasteiger partial charge in [0.2, 0.25) is 0 Å². The molecule has 0 aliphatic rings. The lowest BCUT2D eigenvalue weighted by atomic mass is 10.2. The number of carbonyl (C=O) groups excluding carboxylic acids is 2. The van der Waals surface area contributed by atoms with Crippen molar-refractivity contribution in [2.24, 2.45) is 0 Å². The molecule has 0 unspecified atom stereocenters. The predicted molar refractivity (Wildman–Crippen MR) is 98.2 cm³/mol. The van der Waals surface area contributed by atoms with E-state index in [1.54, 1.807) is 48.5 Å². The summed E-state index contributed by atoms with van der Waals surface area (Å²) in [7, 11) is 0. The highest BCUT2D eigenvalue weighted by molar-refractivity contribution is 5.95. The van der Waals surface area contributed by atoms with Gasteiger partial charge in [0, 0.05) is 23.2 Å². The number of nitrogens with one attached hydrogen (secondary N) is 2. The molecular formula is C20H24N2O3. The lowest BCUT2D eigenvalue weighted by Gasteiger charge is -2.10. The number of hydrogen-bond acceptors (Lipinski definition) is 3. The van der Waals surface area contributed by atoms with Crippen LogP contribution in [0.25, 0.3) is 0 Å². The molecule has 0 aromatic heterocycles. The number of amides is 2. The van der Waals surface area contributed by atoms with Gasteiger partial charge >= 0.3 is 0 Å². The first-order valence-electron chi connectivity index (χ1n) is 8.35. The molecule has 5 heteroatoms. The minimum atomic E-state index is -0.109. The second kappa shape index (κ2) is 8.33. The third-order valence-corrected chi connectivity index (χ3v) is 3.31. The number of hydrogen-bond donors (Lipinski definition) is 2. The quantitative estimate of drug-likeness (QED) is 0.841. The van der Waals surface area contributed by atoms with Crippen molar-refractivity contribution in [3.63, 3.8) is 0 Å². The van der Waals surface area contributed by atoms with Crippen LogP contribution in [-0.2, 0) is 0 Å². The molecule has 5 nitrogen and oxygen atoms in total. The van der Waals surface area contributed by atoms with E-state index in [9.17, 15) is 9.59 Å². The van der Waals surface area contributed by atoms with Crippen molar-refractivity contribution in [3.8, 4) is 11.5 Å². The molecule has 0 spiro atoms. The summed E-state index contributed by atoms with van der Waals surface area (Å²) >= 11 is 0. The van der Waals surface area contributed by atoms with E-state index >= 15 is 0 Å². The maximum absolute atomic E-state index is 11.9. The highest BCUT2D eigenvalue weighted by atomic mass is 16.5. The summed E-state index contributed by atoms with van der Waals surface area (Å²) < 4.78 is 5.75. The molecule has 132 valence electrons. The molecule has 0 aliphatic heterocycles. The van der Waals surface area contributed by atoms with Crippen LogP contribution in [0.4, 0.5) is 0 Å². The molecule has 0 radical (unpaired) electrons. The molecule has 0 fully saturated rings. The Labute approximate surface area is 148 Å². The van der Waals surface area contributed by atoms with Crippen LogP contribution in [0.15, 0.2) is 48.5 Å². The van der Waals surface area contributed by atoms with Gasteiger partial charge in [-0.15, -0.1) is 0 Å². The van der Waals surface area contributed by atoms with Gasteiger partial charge in [-0.25, -0.2) is 0 Å². The van der Waals surface area contributed by atoms with Gasteiger partial charge in [-0.3, -0.25) is 9.59 Å². The third-order valence-electron chi connectivity index (χ3n) is 3.31. The van der Waals surface area contributed by atoms with Gasteiger partial charge in [-0.05, 0) is 76.2 Å². The largest absolute Gasteiger partial charge is 0.457 e. The molecule has 2 N–H and O–H groups in total. The van der Waals surface area contributed by atoms with Crippen LogP contribution in [0.3, 0.4) is 0 Å². The van der Waals surface area contributed by atoms with Gasteiger partial charge in [0.15, 0.2) is 0 Å². The Morgan fingerprint density at radius 3 is 1.28 bits per heavy atom. The fourth-order valence-electron chi connectivity index (χ4n) is 2.18. The summed E-state index contributed by atoms with van der Waals surface area (Å²) in [4.78, 5) is 23.8. The first-order chi connectivity index (χ1) is 11.8. The minimum absolute atomic E-state index is 0.0924. The zero-order valence-electron chi connectivity index (χ0n) is 15.0. The lowest BCUT2D eigenvalue weighted by Crippen LogP contribution is -2.29. The van der Waals surface area contributed by atoms with Crippen LogP contribution in [0.1, 0.15) is 48.4 Å². The van der Waals surface area contributed by atoms with Gasteiger partial charge in [0.05, 0.1) is 0 Å². The molecule has 2 aromatic carbocycles. The molecule has 0 aliphatic carbocycles. The second-order valence-electron chi connectivity index (χ2n) is 6.41. The number of carbonyl (C=O) groups is 2. The lowest BCUT2D eigenvalue weighted by molar-refractivity contribution is 0.0934. The van der Waals surface area contributed by atoms with E-state index in [1.165, 1.54) is 0 Å². The average Bonchev–Trinajstić information content (AvgIpc) is 2.55. The van der Waals surface area contributed by atoms with Gasteiger partial charge < -0.3 is 15.4 Å². The SMILES string of the molecule is CC(C)NC(=O)c1ccc(Oc2ccc(C(=O)NC(C)C)cc2)cc1. The van der Waals surface area contributed by atoms with Crippen molar-refractivity contribution in [2.45, 2.75) is 39.8 Å². The number of rotatable bonds is 6. The van der Waals surface area contributed by atoms with Crippen molar-refractivity contribution in [1.82, 2.24) is 10.6 Å². The smallest absolute Gasteiger partial charge is 0.251 e. The van der Waals surface area contributed by atoms with Crippen LogP contribution in [0.5, 0.6) is 11.5 Å². The summed E-state index contributed by atoms with van der Waals surface area (Å²) in [5.41, 5.74) is 1.17. The molecular weight excluding hydrogens is 316 g/mol. The first-order valence-corrected chi connectivity index (χ1v) is 8.35. The van der Waals surface area contributed by atoms with Crippen molar-refractivity contribution in [2.75, 3.05) is 0 Å². The molecule has 2 rings (SSSR count). The van der Waals surface area contributed by atoms with E-state index in [1.807, 2.05) is 27.7 Å². The van der Waals surface area contributed by atoms with E-state index in [0.29, 0.717) is 22.6 Å². The van der Waals surface area contributed by atoms with Crippen molar-refractivity contribution < 1.29 is 14.3 Å². The van der Waals surface area contributed by atoms with E-state index < -0.39 is 0 Å². The van der Waals surface area contributed by atoms with Crippen LogP contribution in [0, 0.1) is 0 Å². The fourth-order valence-corrected chi connectivity index (χ4v) is 2.18. The zero-order valence-corrected chi connectivity index (χ0v) is 15.0. The number of ether oxygens (including phenoxy) is 1. The van der Waals surface area contributed by atoms with Gasteiger partial charge in [0.25, 0.3) is 11.8 Å². The summed E-state index contributed by atoms with van der Waals surface area (Å²) in [5.74, 6) is 1.03. The Morgan fingerprint density at radius 1 is 0.680 bits per heavy atom. The van der Waals surface area contributed by atoms with Crippen molar-refractivity contribution >= 4 is 11.8 Å². The summed E-state index contributed by atoms with van der Waals surface area (Å²) in [6, 6.07) is 14.0. The molecule has 0 saturated heterocycles. The first kappa shape index (κ1) is 18.5. The minimum Gasteiger partial charge on any atom is -0.457 e. The van der Waals surface area contributed by atoms with E-state index in [0.717, 1.165) is 0 Å². The van der Waals surface area contributed by atoms with E-state index in [-0.39, 0.29) is 23.9 Å². The van der Waals surface area contributed by atoms with E-state index in [2.05, 4.69) is 10.6 Å². The highest BCUT2D eigenvalue weighted by Gasteiger charge is 2.09. The molecule has 0 saturated carbocycles. The standard InChI is InChI=1S/C20H24N2O3/c1-13(2)21-19(23)15-5-9-17(10-6-15)25-18-11-7-16(8-12-18)20(24)22-14(3)4/h5-14H,1-4H3,(H,21,23)(H,22,24). The maximum atomic E-state index is 11.9. The third kappa shape index (κ3) is 5.64. The van der Waals surface area contributed by atoms with Crippen molar-refractivity contribution in [1.29, 1.82) is 0 Å². The molecule has 2 aromatic rings. The fraction of sp³-hybridized carbons (Fsp3) is 0.300. The monoisotopic (exact) mass is 340 g/mol.